The van der Waals surface area contributed by atoms with Crippen molar-refractivity contribution in [2.75, 3.05) is 11.9 Å². The van der Waals surface area contributed by atoms with Crippen molar-refractivity contribution in [2.24, 2.45) is 5.92 Å². The van der Waals surface area contributed by atoms with Crippen LogP contribution in [-0.2, 0) is 0 Å². The van der Waals surface area contributed by atoms with Crippen LogP contribution in [-0.4, -0.2) is 16.3 Å². The van der Waals surface area contributed by atoms with Gasteiger partial charge in [-0.3, -0.25) is 4.68 Å². The molecule has 1 N–H and O–H groups in total. The van der Waals surface area contributed by atoms with Gasteiger partial charge in [0.2, 0.25) is 0 Å². The van der Waals surface area contributed by atoms with Gasteiger partial charge < -0.3 is 5.32 Å². The van der Waals surface area contributed by atoms with Gasteiger partial charge in [-0.1, -0.05) is 13.8 Å². The van der Waals surface area contributed by atoms with Gasteiger partial charge in [0, 0.05) is 18.8 Å². The molecule has 0 amide bonds. The molecule has 1 aromatic rings. The molecule has 80 valence electrons. The van der Waals surface area contributed by atoms with Gasteiger partial charge >= 0.3 is 0 Å². The van der Waals surface area contributed by atoms with Gasteiger partial charge in [-0.25, -0.2) is 0 Å². The lowest BCUT2D eigenvalue weighted by Crippen LogP contribution is -2.08. The van der Waals surface area contributed by atoms with Crippen LogP contribution in [0, 0.1) is 12.8 Å². The Hall–Kier alpha value is -0.990. The maximum atomic E-state index is 4.44. The fraction of sp³-hybridized carbons (Fsp3) is 0.727. The number of nitrogens with zero attached hydrogens (tertiary/aromatic N) is 2. The summed E-state index contributed by atoms with van der Waals surface area (Å²) in [6.07, 6.45) is 2.09. The molecule has 0 aliphatic carbocycles. The summed E-state index contributed by atoms with van der Waals surface area (Å²) in [6, 6.07) is 0.434. The van der Waals surface area contributed by atoms with Crippen molar-refractivity contribution in [1.29, 1.82) is 0 Å². The van der Waals surface area contributed by atoms with Crippen molar-refractivity contribution in [3.8, 4) is 0 Å². The van der Waals surface area contributed by atoms with Crippen molar-refractivity contribution < 1.29 is 0 Å². The van der Waals surface area contributed by atoms with Crippen LogP contribution in [0.2, 0.25) is 0 Å². The molecule has 3 heteroatoms. The fourth-order valence-electron chi connectivity index (χ4n) is 1.23. The summed E-state index contributed by atoms with van der Waals surface area (Å²) < 4.78 is 2.00. The molecular weight excluding hydrogens is 174 g/mol. The minimum atomic E-state index is 0.434. The molecule has 0 aromatic carbocycles. The zero-order valence-electron chi connectivity index (χ0n) is 9.83. The Morgan fingerprint density at radius 3 is 2.43 bits per heavy atom. The smallest absolute Gasteiger partial charge is 0.0825 e. The van der Waals surface area contributed by atoms with E-state index in [0.29, 0.717) is 12.0 Å². The molecular formula is C11H21N3. The molecule has 0 aliphatic heterocycles. The summed E-state index contributed by atoms with van der Waals surface area (Å²) in [5.41, 5.74) is 2.24. The van der Waals surface area contributed by atoms with Crippen molar-refractivity contribution in [3.05, 3.63) is 11.9 Å². The van der Waals surface area contributed by atoms with Crippen LogP contribution >= 0.6 is 0 Å². The van der Waals surface area contributed by atoms with E-state index in [2.05, 4.69) is 44.3 Å². The van der Waals surface area contributed by atoms with Crippen LogP contribution in [0.3, 0.4) is 0 Å². The molecule has 0 spiro atoms. The topological polar surface area (TPSA) is 29.9 Å². The van der Waals surface area contributed by atoms with Crippen LogP contribution in [0.1, 0.15) is 39.4 Å². The Kier molecular flexibility index (Phi) is 3.55. The highest BCUT2D eigenvalue weighted by atomic mass is 15.3. The molecule has 1 aromatic heterocycles. The number of hydrogen-bond acceptors (Lipinski definition) is 2. The minimum Gasteiger partial charge on any atom is -0.382 e. The summed E-state index contributed by atoms with van der Waals surface area (Å²) in [5.74, 6) is 0.664. The van der Waals surface area contributed by atoms with E-state index in [4.69, 9.17) is 0 Å². The fourth-order valence-corrected chi connectivity index (χ4v) is 1.23. The summed E-state index contributed by atoms with van der Waals surface area (Å²) >= 11 is 0. The molecule has 14 heavy (non-hydrogen) atoms. The monoisotopic (exact) mass is 195 g/mol. The minimum absolute atomic E-state index is 0.434. The molecule has 0 bridgehead atoms. The predicted molar refractivity (Wildman–Crippen MR) is 60.7 cm³/mol. The first-order valence-electron chi connectivity index (χ1n) is 5.30. The summed E-state index contributed by atoms with van der Waals surface area (Å²) in [6.45, 7) is 11.7. The lowest BCUT2D eigenvalue weighted by Gasteiger charge is -2.07. The number of rotatable bonds is 4. The average molecular weight is 195 g/mol. The molecule has 1 heterocycles. The van der Waals surface area contributed by atoms with E-state index in [1.807, 2.05) is 11.6 Å². The third-order valence-electron chi connectivity index (χ3n) is 2.15. The van der Waals surface area contributed by atoms with Gasteiger partial charge in [0.15, 0.2) is 0 Å². The zero-order valence-corrected chi connectivity index (χ0v) is 9.83. The van der Waals surface area contributed by atoms with E-state index < -0.39 is 0 Å². The Labute approximate surface area is 86.5 Å². The van der Waals surface area contributed by atoms with E-state index in [9.17, 15) is 0 Å². The molecule has 0 aliphatic rings. The molecule has 3 nitrogen and oxygen atoms in total. The van der Waals surface area contributed by atoms with Crippen molar-refractivity contribution in [3.63, 3.8) is 0 Å². The molecule has 0 fully saturated rings. The number of hydrogen-bond donors (Lipinski definition) is 1. The standard InChI is InChI=1S/C11H21N3/c1-8(2)6-12-11-7-14(9(3)4)13-10(11)5/h7-9,12H,6H2,1-5H3. The molecule has 0 unspecified atom stereocenters. The number of anilines is 1. The van der Waals surface area contributed by atoms with Gasteiger partial charge in [0.05, 0.1) is 11.4 Å². The SMILES string of the molecule is Cc1nn(C(C)C)cc1NCC(C)C. The molecule has 0 radical (unpaired) electrons. The summed E-state index contributed by atoms with van der Waals surface area (Å²) in [5, 5.41) is 7.85. The van der Waals surface area contributed by atoms with E-state index in [1.54, 1.807) is 0 Å². The summed E-state index contributed by atoms with van der Waals surface area (Å²) in [4.78, 5) is 0. The maximum Gasteiger partial charge on any atom is 0.0825 e. The largest absolute Gasteiger partial charge is 0.382 e. The third-order valence-corrected chi connectivity index (χ3v) is 2.15. The van der Waals surface area contributed by atoms with Crippen LogP contribution in [0.4, 0.5) is 5.69 Å². The van der Waals surface area contributed by atoms with Gasteiger partial charge in [-0.05, 0) is 26.7 Å². The van der Waals surface area contributed by atoms with Gasteiger partial charge in [0.25, 0.3) is 0 Å². The van der Waals surface area contributed by atoms with Crippen LogP contribution in [0.25, 0.3) is 0 Å². The first-order valence-corrected chi connectivity index (χ1v) is 5.30. The Balaban J connectivity index is 2.67. The van der Waals surface area contributed by atoms with Crippen molar-refractivity contribution in [2.45, 2.75) is 40.7 Å². The van der Waals surface area contributed by atoms with E-state index in [1.165, 1.54) is 0 Å². The first kappa shape index (κ1) is 11.1. The average Bonchev–Trinajstić information content (AvgIpc) is 2.43. The molecule has 1 rings (SSSR count). The molecule has 0 atom stereocenters. The van der Waals surface area contributed by atoms with Crippen molar-refractivity contribution >= 4 is 5.69 Å². The Bertz CT molecular complexity index is 287. The van der Waals surface area contributed by atoms with Crippen LogP contribution in [0.15, 0.2) is 6.20 Å². The van der Waals surface area contributed by atoms with Gasteiger partial charge in [-0.15, -0.1) is 0 Å². The van der Waals surface area contributed by atoms with E-state index in [-0.39, 0.29) is 0 Å². The number of aromatic nitrogens is 2. The maximum absolute atomic E-state index is 4.44. The second-order valence-electron chi connectivity index (χ2n) is 4.48. The second kappa shape index (κ2) is 4.49. The lowest BCUT2D eigenvalue weighted by molar-refractivity contribution is 0.529. The number of aryl methyl sites for hydroxylation is 1. The van der Waals surface area contributed by atoms with Gasteiger partial charge in [0.1, 0.15) is 0 Å². The van der Waals surface area contributed by atoms with Gasteiger partial charge in [-0.2, -0.15) is 5.10 Å². The van der Waals surface area contributed by atoms with Crippen LogP contribution < -0.4 is 5.32 Å². The third kappa shape index (κ3) is 2.76. The highest BCUT2D eigenvalue weighted by molar-refractivity contribution is 5.45. The number of nitrogens with one attached hydrogen (secondary N) is 1. The highest BCUT2D eigenvalue weighted by Crippen LogP contribution is 2.15. The van der Waals surface area contributed by atoms with Crippen LogP contribution in [0.5, 0.6) is 0 Å². The Morgan fingerprint density at radius 2 is 2.00 bits per heavy atom. The normalized spacial score (nSPS) is 11.4. The van der Waals surface area contributed by atoms with E-state index in [0.717, 1.165) is 17.9 Å². The Morgan fingerprint density at radius 1 is 1.36 bits per heavy atom. The summed E-state index contributed by atoms with van der Waals surface area (Å²) in [7, 11) is 0. The lowest BCUT2D eigenvalue weighted by atomic mass is 10.2. The highest BCUT2D eigenvalue weighted by Gasteiger charge is 2.06. The predicted octanol–water partition coefficient (Wildman–Crippen LogP) is 2.84. The first-order chi connectivity index (χ1) is 6.50. The zero-order chi connectivity index (χ0) is 10.7. The quantitative estimate of drug-likeness (QED) is 0.800. The van der Waals surface area contributed by atoms with Crippen molar-refractivity contribution in [1.82, 2.24) is 9.78 Å². The molecule has 0 saturated heterocycles. The molecule has 0 saturated carbocycles. The van der Waals surface area contributed by atoms with E-state index >= 15 is 0 Å². The second-order valence-corrected chi connectivity index (χ2v) is 4.48.